The van der Waals surface area contributed by atoms with Crippen LogP contribution >= 0.6 is 11.3 Å². The van der Waals surface area contributed by atoms with Crippen molar-refractivity contribution < 1.29 is 9.59 Å². The fraction of sp³-hybridized carbons (Fsp3) is 0.273. The summed E-state index contributed by atoms with van der Waals surface area (Å²) in [5.41, 5.74) is 3.80. The van der Waals surface area contributed by atoms with Gasteiger partial charge in [0.15, 0.2) is 0 Å². The Labute approximate surface area is 173 Å². The molecule has 6 nitrogen and oxygen atoms in total. The van der Waals surface area contributed by atoms with Crippen LogP contribution in [0.5, 0.6) is 0 Å². The van der Waals surface area contributed by atoms with E-state index in [1.54, 1.807) is 12.1 Å². The third kappa shape index (κ3) is 4.05. The second-order valence-corrected chi connectivity index (χ2v) is 8.16. The van der Waals surface area contributed by atoms with Gasteiger partial charge in [-0.1, -0.05) is 54.2 Å². The Hall–Kier alpha value is -3.06. The summed E-state index contributed by atoms with van der Waals surface area (Å²) < 4.78 is 0. The summed E-state index contributed by atoms with van der Waals surface area (Å²) in [6.07, 6.45) is 1.28. The van der Waals surface area contributed by atoms with Gasteiger partial charge in [-0.2, -0.15) is 0 Å². The molecule has 4 rings (SSSR count). The van der Waals surface area contributed by atoms with Gasteiger partial charge in [0, 0.05) is 30.1 Å². The molecule has 1 aliphatic heterocycles. The van der Waals surface area contributed by atoms with E-state index in [2.05, 4.69) is 28.5 Å². The van der Waals surface area contributed by atoms with Crippen molar-refractivity contribution in [3.63, 3.8) is 0 Å². The maximum absolute atomic E-state index is 12.6. The van der Waals surface area contributed by atoms with Gasteiger partial charge in [-0.3, -0.25) is 14.9 Å². The number of hydrogen-bond donors (Lipinski definition) is 1. The van der Waals surface area contributed by atoms with Crippen molar-refractivity contribution in [3.8, 4) is 0 Å². The monoisotopic (exact) mass is 406 g/mol. The molecule has 7 heteroatoms. The average molecular weight is 407 g/mol. The Bertz CT molecular complexity index is 1040. The first kappa shape index (κ1) is 19.3. The maximum atomic E-state index is 12.6. The van der Waals surface area contributed by atoms with Crippen LogP contribution in [0.25, 0.3) is 0 Å². The summed E-state index contributed by atoms with van der Waals surface area (Å²) in [5.74, 6) is -0.139. The van der Waals surface area contributed by atoms with E-state index in [9.17, 15) is 9.59 Å². The number of nitrogens with zero attached hydrogens (tertiary/aromatic N) is 3. The summed E-state index contributed by atoms with van der Waals surface area (Å²) in [7, 11) is 0. The molecule has 1 fully saturated rings. The van der Waals surface area contributed by atoms with E-state index in [4.69, 9.17) is 0 Å². The lowest BCUT2D eigenvalue weighted by Crippen LogP contribution is -2.25. The molecule has 0 radical (unpaired) electrons. The highest BCUT2D eigenvalue weighted by Crippen LogP contribution is 2.35. The van der Waals surface area contributed by atoms with Crippen molar-refractivity contribution in [2.45, 2.75) is 32.6 Å². The first-order valence-corrected chi connectivity index (χ1v) is 10.5. The topological polar surface area (TPSA) is 75.2 Å². The van der Waals surface area contributed by atoms with Crippen molar-refractivity contribution in [3.05, 3.63) is 70.2 Å². The van der Waals surface area contributed by atoms with Crippen LogP contribution in [0.15, 0.2) is 48.5 Å². The van der Waals surface area contributed by atoms with Crippen LogP contribution in [0.3, 0.4) is 0 Å². The van der Waals surface area contributed by atoms with Gasteiger partial charge in [0.25, 0.3) is 5.91 Å². The normalized spacial score (nSPS) is 16.3. The first-order chi connectivity index (χ1) is 14.0. The summed E-state index contributed by atoms with van der Waals surface area (Å²) in [4.78, 5) is 26.9. The quantitative estimate of drug-likeness (QED) is 0.690. The summed E-state index contributed by atoms with van der Waals surface area (Å²) >= 11 is 1.33. The van der Waals surface area contributed by atoms with Crippen molar-refractivity contribution in [2.75, 3.05) is 16.8 Å². The zero-order valence-electron chi connectivity index (χ0n) is 16.4. The predicted molar refractivity (Wildman–Crippen MR) is 115 cm³/mol. The molecule has 0 spiro atoms. The van der Waals surface area contributed by atoms with Gasteiger partial charge in [-0.25, -0.2) is 0 Å². The molecule has 1 atom stereocenters. The number of anilines is 2. The number of rotatable bonds is 5. The zero-order valence-corrected chi connectivity index (χ0v) is 17.2. The van der Waals surface area contributed by atoms with E-state index in [1.165, 1.54) is 11.3 Å². The van der Waals surface area contributed by atoms with Crippen molar-refractivity contribution in [2.24, 2.45) is 0 Å². The second kappa shape index (κ2) is 8.13. The lowest BCUT2D eigenvalue weighted by molar-refractivity contribution is -0.117. The molecule has 0 aliphatic carbocycles. The van der Waals surface area contributed by atoms with Crippen LogP contribution in [-0.4, -0.2) is 28.6 Å². The van der Waals surface area contributed by atoms with Crippen LogP contribution in [0.1, 0.15) is 45.8 Å². The predicted octanol–water partition coefficient (Wildman–Crippen LogP) is 4.18. The van der Waals surface area contributed by atoms with Crippen molar-refractivity contribution in [1.29, 1.82) is 0 Å². The largest absolute Gasteiger partial charge is 0.311 e. The number of hydrogen-bond acceptors (Lipinski definition) is 5. The van der Waals surface area contributed by atoms with E-state index in [1.807, 2.05) is 42.2 Å². The van der Waals surface area contributed by atoms with Gasteiger partial charge >= 0.3 is 0 Å². The Morgan fingerprint density at radius 3 is 2.69 bits per heavy atom. The van der Waals surface area contributed by atoms with Crippen LogP contribution in [0.2, 0.25) is 0 Å². The lowest BCUT2D eigenvalue weighted by Gasteiger charge is -2.19. The average Bonchev–Trinajstić information content (AvgIpc) is 3.35. The van der Waals surface area contributed by atoms with Crippen LogP contribution in [0.4, 0.5) is 10.8 Å². The van der Waals surface area contributed by atoms with Crippen LogP contribution < -0.4 is 10.2 Å². The SMILES string of the molecule is CCc1ccccc1N1C[C@H](c2nnc(NC(=O)c3ccc(C)cc3)s2)CC1=O. The van der Waals surface area contributed by atoms with Crippen molar-refractivity contribution in [1.82, 2.24) is 10.2 Å². The Balaban J connectivity index is 1.46. The third-order valence-electron chi connectivity index (χ3n) is 5.11. The summed E-state index contributed by atoms with van der Waals surface area (Å²) in [6, 6.07) is 15.4. The molecule has 2 heterocycles. The van der Waals surface area contributed by atoms with Gasteiger partial charge < -0.3 is 4.90 Å². The molecule has 2 aromatic carbocycles. The highest BCUT2D eigenvalue weighted by Gasteiger charge is 2.34. The minimum absolute atomic E-state index is 0.0186. The number of carbonyl (C=O) groups excluding carboxylic acids is 2. The van der Waals surface area contributed by atoms with E-state index in [0.717, 1.165) is 28.2 Å². The minimum Gasteiger partial charge on any atom is -0.311 e. The Morgan fingerprint density at radius 1 is 1.17 bits per heavy atom. The number of para-hydroxylation sites is 1. The van der Waals surface area contributed by atoms with E-state index in [-0.39, 0.29) is 17.7 Å². The molecule has 0 unspecified atom stereocenters. The molecule has 1 N–H and O–H groups in total. The van der Waals surface area contributed by atoms with Crippen LogP contribution in [0, 0.1) is 6.92 Å². The molecule has 3 aromatic rings. The van der Waals surface area contributed by atoms with E-state index >= 15 is 0 Å². The van der Waals surface area contributed by atoms with Crippen LogP contribution in [-0.2, 0) is 11.2 Å². The first-order valence-electron chi connectivity index (χ1n) is 9.65. The maximum Gasteiger partial charge on any atom is 0.257 e. The number of aryl methyl sites for hydroxylation is 2. The number of carbonyl (C=O) groups is 2. The number of nitrogens with one attached hydrogen (secondary N) is 1. The number of benzene rings is 2. The number of amides is 2. The third-order valence-corrected chi connectivity index (χ3v) is 6.11. The molecule has 0 saturated carbocycles. The van der Waals surface area contributed by atoms with E-state index < -0.39 is 0 Å². The standard InChI is InChI=1S/C22H22N4O2S/c1-3-15-6-4-5-7-18(15)26-13-17(12-19(26)27)21-24-25-22(29-21)23-20(28)16-10-8-14(2)9-11-16/h4-11,17H,3,12-13H2,1-2H3,(H,23,25,28)/t17-/m1/s1. The molecule has 0 bridgehead atoms. The molecule has 29 heavy (non-hydrogen) atoms. The van der Waals surface area contributed by atoms with Gasteiger partial charge in [-0.05, 0) is 37.1 Å². The van der Waals surface area contributed by atoms with Gasteiger partial charge in [0.1, 0.15) is 5.01 Å². The Morgan fingerprint density at radius 2 is 1.93 bits per heavy atom. The van der Waals surface area contributed by atoms with Gasteiger partial charge in [0.2, 0.25) is 11.0 Å². The summed E-state index contributed by atoms with van der Waals surface area (Å²) in [5, 5.41) is 12.4. The molecular weight excluding hydrogens is 384 g/mol. The highest BCUT2D eigenvalue weighted by atomic mass is 32.1. The van der Waals surface area contributed by atoms with Crippen molar-refractivity contribution >= 4 is 34.0 Å². The molecular formula is C22H22N4O2S. The zero-order chi connectivity index (χ0) is 20.4. The minimum atomic E-state index is -0.214. The number of aromatic nitrogens is 2. The highest BCUT2D eigenvalue weighted by molar-refractivity contribution is 7.15. The molecule has 1 aromatic heterocycles. The summed E-state index contributed by atoms with van der Waals surface area (Å²) in [6.45, 7) is 4.64. The lowest BCUT2D eigenvalue weighted by atomic mass is 10.1. The molecule has 2 amide bonds. The van der Waals surface area contributed by atoms with Gasteiger partial charge in [-0.15, -0.1) is 10.2 Å². The second-order valence-electron chi connectivity index (χ2n) is 7.15. The Kier molecular flexibility index (Phi) is 5.40. The van der Waals surface area contributed by atoms with Gasteiger partial charge in [0.05, 0.1) is 0 Å². The molecule has 1 aliphatic rings. The molecule has 148 valence electrons. The molecule has 1 saturated heterocycles. The van der Waals surface area contributed by atoms with E-state index in [0.29, 0.717) is 23.7 Å². The smallest absolute Gasteiger partial charge is 0.257 e. The fourth-order valence-electron chi connectivity index (χ4n) is 3.50. The fourth-order valence-corrected chi connectivity index (χ4v) is 4.33.